The molecule has 0 aliphatic carbocycles. The second kappa shape index (κ2) is 4.62. The van der Waals surface area contributed by atoms with Gasteiger partial charge in [0.2, 0.25) is 0 Å². The number of aliphatic carboxylic acids is 1. The molecule has 0 saturated carbocycles. The predicted molar refractivity (Wildman–Crippen MR) is 48.4 cm³/mol. The summed E-state index contributed by atoms with van der Waals surface area (Å²) in [5, 5.41) is 8.83. The van der Waals surface area contributed by atoms with Gasteiger partial charge in [-0.1, -0.05) is 30.3 Å². The first-order valence-corrected chi connectivity index (χ1v) is 4.15. The molecule has 1 aromatic carbocycles. The van der Waals surface area contributed by atoms with E-state index in [0.717, 1.165) is 0 Å². The lowest BCUT2D eigenvalue weighted by atomic mass is 10.1. The quantitative estimate of drug-likeness (QED) is 0.769. The molecule has 1 aromatic rings. The summed E-state index contributed by atoms with van der Waals surface area (Å²) in [6.45, 7) is 2.17. The first-order chi connectivity index (χ1) is 6.25. The maximum Gasteiger partial charge on any atom is 0.337 e. The van der Waals surface area contributed by atoms with Gasteiger partial charge >= 0.3 is 5.97 Å². The molecule has 0 fully saturated rings. The molecule has 3 heteroatoms. The SMILES string of the molecule is CCO[C@H](C(=O)O)c1ccccc1. The lowest BCUT2D eigenvalue weighted by Gasteiger charge is -2.11. The summed E-state index contributed by atoms with van der Waals surface area (Å²) in [5.74, 6) is -0.951. The molecular weight excluding hydrogens is 168 g/mol. The molecule has 13 heavy (non-hydrogen) atoms. The number of carbonyl (C=O) groups is 1. The highest BCUT2D eigenvalue weighted by atomic mass is 16.5. The lowest BCUT2D eigenvalue weighted by Crippen LogP contribution is -2.14. The number of carboxylic acids is 1. The highest BCUT2D eigenvalue weighted by Crippen LogP contribution is 2.16. The standard InChI is InChI=1S/C10H12O3/c1-2-13-9(10(11)12)8-6-4-3-5-7-8/h3-7,9H,2H2,1H3,(H,11,12)/t9-/m0/s1. The van der Waals surface area contributed by atoms with Gasteiger partial charge < -0.3 is 9.84 Å². The normalized spacial score (nSPS) is 12.4. The molecule has 0 spiro atoms. The van der Waals surface area contributed by atoms with Crippen LogP contribution in [0.4, 0.5) is 0 Å². The van der Waals surface area contributed by atoms with E-state index in [9.17, 15) is 4.79 Å². The largest absolute Gasteiger partial charge is 0.479 e. The summed E-state index contributed by atoms with van der Waals surface area (Å²) in [6.07, 6.45) is -0.841. The van der Waals surface area contributed by atoms with Gasteiger partial charge in [-0.2, -0.15) is 0 Å². The molecule has 0 aliphatic heterocycles. The first kappa shape index (κ1) is 9.74. The van der Waals surface area contributed by atoms with Gasteiger partial charge in [-0.25, -0.2) is 4.79 Å². The van der Waals surface area contributed by atoms with Crippen LogP contribution in [-0.2, 0) is 9.53 Å². The van der Waals surface area contributed by atoms with E-state index in [4.69, 9.17) is 9.84 Å². The van der Waals surface area contributed by atoms with Crippen LogP contribution < -0.4 is 0 Å². The van der Waals surface area contributed by atoms with Crippen molar-refractivity contribution in [2.45, 2.75) is 13.0 Å². The third-order valence-electron chi connectivity index (χ3n) is 1.66. The maximum atomic E-state index is 10.8. The van der Waals surface area contributed by atoms with Crippen molar-refractivity contribution >= 4 is 5.97 Å². The number of hydrogen-bond acceptors (Lipinski definition) is 2. The van der Waals surface area contributed by atoms with Crippen molar-refractivity contribution < 1.29 is 14.6 Å². The van der Waals surface area contributed by atoms with Crippen LogP contribution >= 0.6 is 0 Å². The zero-order valence-electron chi connectivity index (χ0n) is 7.43. The molecule has 0 heterocycles. The molecule has 0 amide bonds. The number of hydrogen-bond donors (Lipinski definition) is 1. The first-order valence-electron chi connectivity index (χ1n) is 4.15. The highest BCUT2D eigenvalue weighted by molar-refractivity contribution is 5.74. The molecule has 1 rings (SSSR count). The third-order valence-corrected chi connectivity index (χ3v) is 1.66. The molecule has 3 nitrogen and oxygen atoms in total. The second-order valence-corrected chi connectivity index (χ2v) is 2.58. The molecule has 0 aliphatic rings. The third kappa shape index (κ3) is 2.56. The molecule has 0 bridgehead atoms. The van der Waals surface area contributed by atoms with Gasteiger partial charge in [0, 0.05) is 6.61 Å². The van der Waals surface area contributed by atoms with Crippen LogP contribution in [0.5, 0.6) is 0 Å². The zero-order valence-corrected chi connectivity index (χ0v) is 7.43. The zero-order chi connectivity index (χ0) is 9.68. The van der Waals surface area contributed by atoms with Crippen LogP contribution in [0.2, 0.25) is 0 Å². The minimum atomic E-state index is -0.951. The monoisotopic (exact) mass is 180 g/mol. The van der Waals surface area contributed by atoms with E-state index in [1.54, 1.807) is 31.2 Å². The molecule has 0 saturated heterocycles. The van der Waals surface area contributed by atoms with Crippen LogP contribution in [0, 0.1) is 0 Å². The fourth-order valence-electron chi connectivity index (χ4n) is 1.10. The second-order valence-electron chi connectivity index (χ2n) is 2.58. The van der Waals surface area contributed by atoms with Crippen molar-refractivity contribution in [3.05, 3.63) is 35.9 Å². The van der Waals surface area contributed by atoms with Crippen molar-refractivity contribution in [2.24, 2.45) is 0 Å². The molecular formula is C10H12O3. The Balaban J connectivity index is 2.82. The minimum absolute atomic E-state index is 0.395. The van der Waals surface area contributed by atoms with Gasteiger partial charge in [-0.15, -0.1) is 0 Å². The minimum Gasteiger partial charge on any atom is -0.479 e. The molecule has 70 valence electrons. The smallest absolute Gasteiger partial charge is 0.337 e. The Morgan fingerprint density at radius 1 is 1.46 bits per heavy atom. The summed E-state index contributed by atoms with van der Waals surface area (Å²) in [7, 11) is 0. The Morgan fingerprint density at radius 2 is 2.08 bits per heavy atom. The van der Waals surface area contributed by atoms with Gasteiger partial charge in [-0.05, 0) is 12.5 Å². The van der Waals surface area contributed by atoms with Crippen LogP contribution in [0.1, 0.15) is 18.6 Å². The van der Waals surface area contributed by atoms with Crippen LogP contribution in [-0.4, -0.2) is 17.7 Å². The fourth-order valence-corrected chi connectivity index (χ4v) is 1.10. The van der Waals surface area contributed by atoms with E-state index < -0.39 is 12.1 Å². The van der Waals surface area contributed by atoms with Gasteiger partial charge in [0.15, 0.2) is 6.10 Å². The van der Waals surface area contributed by atoms with Crippen LogP contribution in [0.3, 0.4) is 0 Å². The molecule has 0 unspecified atom stereocenters. The molecule has 1 N–H and O–H groups in total. The van der Waals surface area contributed by atoms with E-state index in [-0.39, 0.29) is 0 Å². The number of ether oxygens (including phenoxy) is 1. The van der Waals surface area contributed by atoms with E-state index in [1.807, 2.05) is 6.07 Å². The van der Waals surface area contributed by atoms with E-state index >= 15 is 0 Å². The summed E-state index contributed by atoms with van der Waals surface area (Å²) >= 11 is 0. The summed E-state index contributed by atoms with van der Waals surface area (Å²) in [6, 6.07) is 8.92. The number of carboxylic acid groups (broad SMARTS) is 1. The van der Waals surface area contributed by atoms with Gasteiger partial charge in [-0.3, -0.25) is 0 Å². The average Bonchev–Trinajstić information content (AvgIpc) is 2.15. The number of benzene rings is 1. The topological polar surface area (TPSA) is 46.5 Å². The van der Waals surface area contributed by atoms with Crippen molar-refractivity contribution in [1.82, 2.24) is 0 Å². The van der Waals surface area contributed by atoms with Gasteiger partial charge in [0.05, 0.1) is 0 Å². The summed E-state index contributed by atoms with van der Waals surface area (Å²) < 4.78 is 5.09. The van der Waals surface area contributed by atoms with Crippen LogP contribution in [0.15, 0.2) is 30.3 Å². The van der Waals surface area contributed by atoms with Gasteiger partial charge in [0.1, 0.15) is 0 Å². The Kier molecular flexibility index (Phi) is 3.46. The van der Waals surface area contributed by atoms with E-state index in [1.165, 1.54) is 0 Å². The van der Waals surface area contributed by atoms with Crippen molar-refractivity contribution in [2.75, 3.05) is 6.61 Å². The Morgan fingerprint density at radius 3 is 2.54 bits per heavy atom. The van der Waals surface area contributed by atoms with Crippen molar-refractivity contribution in [3.8, 4) is 0 Å². The van der Waals surface area contributed by atoms with E-state index in [0.29, 0.717) is 12.2 Å². The molecule has 0 radical (unpaired) electrons. The maximum absolute atomic E-state index is 10.8. The summed E-state index contributed by atoms with van der Waals surface area (Å²) in [4.78, 5) is 10.8. The van der Waals surface area contributed by atoms with E-state index in [2.05, 4.69) is 0 Å². The fraction of sp³-hybridized carbons (Fsp3) is 0.300. The van der Waals surface area contributed by atoms with Crippen LogP contribution in [0.25, 0.3) is 0 Å². The summed E-state index contributed by atoms with van der Waals surface area (Å²) in [5.41, 5.74) is 0.678. The number of rotatable bonds is 4. The average molecular weight is 180 g/mol. The highest BCUT2D eigenvalue weighted by Gasteiger charge is 2.18. The van der Waals surface area contributed by atoms with Gasteiger partial charge in [0.25, 0.3) is 0 Å². The Hall–Kier alpha value is -1.35. The van der Waals surface area contributed by atoms with Crippen molar-refractivity contribution in [3.63, 3.8) is 0 Å². The van der Waals surface area contributed by atoms with Crippen molar-refractivity contribution in [1.29, 1.82) is 0 Å². The predicted octanol–water partition coefficient (Wildman–Crippen LogP) is 1.85. The Bertz CT molecular complexity index is 269. The molecule has 1 atom stereocenters. The molecule has 0 aromatic heterocycles. The lowest BCUT2D eigenvalue weighted by molar-refractivity contribution is -0.150. The Labute approximate surface area is 77.0 Å².